The lowest BCUT2D eigenvalue weighted by Crippen LogP contribution is -2.18. The van der Waals surface area contributed by atoms with E-state index in [1.165, 1.54) is 0 Å². The summed E-state index contributed by atoms with van der Waals surface area (Å²) in [6.07, 6.45) is 2.41. The van der Waals surface area contributed by atoms with E-state index in [9.17, 15) is 4.79 Å². The molecule has 0 aliphatic carbocycles. The number of hydrazone groups is 1. The van der Waals surface area contributed by atoms with E-state index >= 15 is 0 Å². The zero-order valence-corrected chi connectivity index (χ0v) is 15.2. The molecule has 1 heterocycles. The number of fused-ring (bicyclic) bond motifs is 1. The fraction of sp³-hybridized carbons (Fsp3) is 0.190. The number of pyridine rings is 1. The van der Waals surface area contributed by atoms with Crippen molar-refractivity contribution in [1.82, 2.24) is 10.4 Å². The Hall–Kier alpha value is -3.21. The summed E-state index contributed by atoms with van der Waals surface area (Å²) in [6, 6.07) is 17.4. The molecule has 3 rings (SSSR count). The number of hydrogen-bond donors (Lipinski definition) is 1. The normalized spacial score (nSPS) is 11.0. The molecule has 1 aromatic heterocycles. The van der Waals surface area contributed by atoms with Gasteiger partial charge in [0, 0.05) is 30.9 Å². The standard InChI is InChI=1S/C21H22N4O/c1-4-16-13-19(18-7-5-6-8-20(18)23-16)21(26)24-22-14-15-9-11-17(12-10-15)25(2)3/h5-14H,4H2,1-3H3,(H,24,26)/b22-14+. The second-order valence-corrected chi connectivity index (χ2v) is 6.22. The maximum Gasteiger partial charge on any atom is 0.272 e. The minimum absolute atomic E-state index is 0.237. The highest BCUT2D eigenvalue weighted by Crippen LogP contribution is 2.18. The Balaban J connectivity index is 1.79. The average Bonchev–Trinajstić information content (AvgIpc) is 2.67. The lowest BCUT2D eigenvalue weighted by Gasteiger charge is -2.11. The highest BCUT2D eigenvalue weighted by atomic mass is 16.2. The number of carbonyl (C=O) groups is 1. The van der Waals surface area contributed by atoms with Crippen molar-refractivity contribution in [1.29, 1.82) is 0 Å². The van der Waals surface area contributed by atoms with Gasteiger partial charge in [-0.05, 0) is 36.2 Å². The molecule has 0 radical (unpaired) electrons. The third kappa shape index (κ3) is 3.88. The average molecular weight is 346 g/mol. The maximum atomic E-state index is 12.6. The molecule has 0 saturated carbocycles. The molecular weight excluding hydrogens is 324 g/mol. The number of anilines is 1. The van der Waals surface area contributed by atoms with E-state index < -0.39 is 0 Å². The van der Waals surface area contributed by atoms with Gasteiger partial charge in [0.2, 0.25) is 0 Å². The number of para-hydroxylation sites is 1. The van der Waals surface area contributed by atoms with Crippen LogP contribution in [0.2, 0.25) is 0 Å². The third-order valence-electron chi connectivity index (χ3n) is 4.17. The van der Waals surface area contributed by atoms with E-state index in [1.807, 2.05) is 80.5 Å². The van der Waals surface area contributed by atoms with Crippen molar-refractivity contribution < 1.29 is 4.79 Å². The summed E-state index contributed by atoms with van der Waals surface area (Å²) in [5, 5.41) is 4.92. The van der Waals surface area contributed by atoms with Crippen LogP contribution in [0.25, 0.3) is 10.9 Å². The quantitative estimate of drug-likeness (QED) is 0.567. The highest BCUT2D eigenvalue weighted by molar-refractivity contribution is 6.06. The van der Waals surface area contributed by atoms with Gasteiger partial charge in [-0.3, -0.25) is 9.78 Å². The van der Waals surface area contributed by atoms with Crippen LogP contribution in [0.15, 0.2) is 59.7 Å². The molecule has 0 aliphatic heterocycles. The molecular formula is C21H22N4O. The maximum absolute atomic E-state index is 12.6. The van der Waals surface area contributed by atoms with Crippen molar-refractivity contribution in [3.63, 3.8) is 0 Å². The van der Waals surface area contributed by atoms with Crippen molar-refractivity contribution >= 4 is 28.7 Å². The number of aryl methyl sites for hydroxylation is 1. The molecule has 5 heteroatoms. The van der Waals surface area contributed by atoms with Gasteiger partial charge in [0.15, 0.2) is 0 Å². The summed E-state index contributed by atoms with van der Waals surface area (Å²) < 4.78 is 0. The van der Waals surface area contributed by atoms with Gasteiger partial charge in [-0.25, -0.2) is 5.43 Å². The SMILES string of the molecule is CCc1cc(C(=O)N/N=C/c2ccc(N(C)C)cc2)c2ccccc2n1. The fourth-order valence-corrected chi connectivity index (χ4v) is 2.68. The molecule has 1 N–H and O–H groups in total. The lowest BCUT2D eigenvalue weighted by molar-refractivity contribution is 0.0956. The van der Waals surface area contributed by atoms with Gasteiger partial charge in [0.25, 0.3) is 5.91 Å². The van der Waals surface area contributed by atoms with Crippen LogP contribution < -0.4 is 10.3 Å². The van der Waals surface area contributed by atoms with E-state index in [4.69, 9.17) is 0 Å². The van der Waals surface area contributed by atoms with Gasteiger partial charge in [0.05, 0.1) is 17.3 Å². The molecule has 5 nitrogen and oxygen atoms in total. The predicted octanol–water partition coefficient (Wildman–Crippen LogP) is 3.63. The number of aromatic nitrogens is 1. The summed E-state index contributed by atoms with van der Waals surface area (Å²) >= 11 is 0. The first-order valence-corrected chi connectivity index (χ1v) is 8.58. The van der Waals surface area contributed by atoms with Gasteiger partial charge >= 0.3 is 0 Å². The lowest BCUT2D eigenvalue weighted by atomic mass is 10.1. The van der Waals surface area contributed by atoms with Crippen LogP contribution in [0.4, 0.5) is 5.69 Å². The van der Waals surface area contributed by atoms with Crippen LogP contribution in [0, 0.1) is 0 Å². The largest absolute Gasteiger partial charge is 0.378 e. The summed E-state index contributed by atoms with van der Waals surface area (Å²) in [5.74, 6) is -0.237. The van der Waals surface area contributed by atoms with Crippen LogP contribution in [0.3, 0.4) is 0 Å². The third-order valence-corrected chi connectivity index (χ3v) is 4.17. The molecule has 26 heavy (non-hydrogen) atoms. The van der Waals surface area contributed by atoms with Crippen molar-refractivity contribution in [3.8, 4) is 0 Å². The Morgan fingerprint density at radius 3 is 2.58 bits per heavy atom. The Bertz CT molecular complexity index is 946. The number of hydrogen-bond acceptors (Lipinski definition) is 4. The van der Waals surface area contributed by atoms with Crippen molar-refractivity contribution in [2.24, 2.45) is 5.10 Å². The predicted molar refractivity (Wildman–Crippen MR) is 107 cm³/mol. The zero-order chi connectivity index (χ0) is 18.5. The molecule has 0 bridgehead atoms. The van der Waals surface area contributed by atoms with Gasteiger partial charge in [-0.2, -0.15) is 5.10 Å². The van der Waals surface area contributed by atoms with E-state index in [0.717, 1.165) is 34.3 Å². The van der Waals surface area contributed by atoms with Crippen LogP contribution in [0.5, 0.6) is 0 Å². The molecule has 0 spiro atoms. The van der Waals surface area contributed by atoms with Crippen molar-refractivity contribution in [2.75, 3.05) is 19.0 Å². The zero-order valence-electron chi connectivity index (χ0n) is 15.2. The van der Waals surface area contributed by atoms with Crippen molar-refractivity contribution in [2.45, 2.75) is 13.3 Å². The number of amides is 1. The first kappa shape index (κ1) is 17.6. The molecule has 0 unspecified atom stereocenters. The second kappa shape index (κ2) is 7.78. The molecule has 0 atom stereocenters. The van der Waals surface area contributed by atoms with Gasteiger partial charge in [-0.15, -0.1) is 0 Å². The van der Waals surface area contributed by atoms with Crippen LogP contribution in [0.1, 0.15) is 28.5 Å². The number of rotatable bonds is 5. The summed E-state index contributed by atoms with van der Waals surface area (Å²) in [6.45, 7) is 2.02. The molecule has 3 aromatic rings. The topological polar surface area (TPSA) is 57.6 Å². The second-order valence-electron chi connectivity index (χ2n) is 6.22. The van der Waals surface area contributed by atoms with Gasteiger partial charge in [0.1, 0.15) is 0 Å². The first-order valence-electron chi connectivity index (χ1n) is 8.58. The minimum Gasteiger partial charge on any atom is -0.378 e. The summed E-state index contributed by atoms with van der Waals surface area (Å²) in [4.78, 5) is 19.2. The summed E-state index contributed by atoms with van der Waals surface area (Å²) in [5.41, 5.74) is 6.95. The van der Waals surface area contributed by atoms with E-state index in [1.54, 1.807) is 6.21 Å². The van der Waals surface area contributed by atoms with E-state index in [-0.39, 0.29) is 5.91 Å². The molecule has 0 fully saturated rings. The van der Waals surface area contributed by atoms with Gasteiger partial charge in [-0.1, -0.05) is 37.3 Å². The van der Waals surface area contributed by atoms with E-state index in [2.05, 4.69) is 15.5 Å². The monoisotopic (exact) mass is 346 g/mol. The van der Waals surface area contributed by atoms with Crippen LogP contribution >= 0.6 is 0 Å². The highest BCUT2D eigenvalue weighted by Gasteiger charge is 2.11. The smallest absolute Gasteiger partial charge is 0.272 e. The summed E-state index contributed by atoms with van der Waals surface area (Å²) in [7, 11) is 3.99. The Morgan fingerprint density at radius 2 is 1.88 bits per heavy atom. The minimum atomic E-state index is -0.237. The Labute approximate surface area is 153 Å². The van der Waals surface area contributed by atoms with Crippen LogP contribution in [-0.4, -0.2) is 31.2 Å². The first-order chi connectivity index (χ1) is 12.6. The Kier molecular flexibility index (Phi) is 5.27. The van der Waals surface area contributed by atoms with Crippen LogP contribution in [-0.2, 0) is 6.42 Å². The molecule has 0 saturated heterocycles. The molecule has 0 aliphatic rings. The number of nitrogens with one attached hydrogen (secondary N) is 1. The Morgan fingerprint density at radius 1 is 1.15 bits per heavy atom. The number of nitrogens with zero attached hydrogens (tertiary/aromatic N) is 3. The van der Waals surface area contributed by atoms with Crippen molar-refractivity contribution in [3.05, 3.63) is 71.4 Å². The van der Waals surface area contributed by atoms with E-state index in [0.29, 0.717) is 5.56 Å². The number of carbonyl (C=O) groups excluding carboxylic acids is 1. The van der Waals surface area contributed by atoms with Gasteiger partial charge < -0.3 is 4.90 Å². The molecule has 2 aromatic carbocycles. The molecule has 1 amide bonds. The molecule has 132 valence electrons. The number of benzene rings is 2. The fourth-order valence-electron chi connectivity index (χ4n) is 2.68.